The SMILES string of the molecule is C[C@@H](Sc1nc(C(F)(F)F)nc2ccccc12)C(=O)N1CCNC1=O. The van der Waals surface area contributed by atoms with Crippen LogP contribution in [0.4, 0.5) is 18.0 Å². The van der Waals surface area contributed by atoms with E-state index in [0.717, 1.165) is 16.7 Å². The van der Waals surface area contributed by atoms with Gasteiger partial charge in [0, 0.05) is 18.5 Å². The van der Waals surface area contributed by atoms with Crippen LogP contribution in [0.1, 0.15) is 12.7 Å². The molecule has 1 aromatic heterocycles. The summed E-state index contributed by atoms with van der Waals surface area (Å²) in [6.45, 7) is 2.13. The Bertz CT molecular complexity index is 843. The monoisotopic (exact) mass is 370 g/mol. The molecule has 0 spiro atoms. The number of nitrogens with zero attached hydrogens (tertiary/aromatic N) is 3. The van der Waals surface area contributed by atoms with Gasteiger partial charge in [-0.15, -0.1) is 0 Å². The number of rotatable bonds is 3. The maximum Gasteiger partial charge on any atom is 0.451 e. The van der Waals surface area contributed by atoms with Crippen LogP contribution in [0, 0.1) is 0 Å². The average Bonchev–Trinajstić information content (AvgIpc) is 2.99. The Morgan fingerprint density at radius 1 is 1.32 bits per heavy atom. The Morgan fingerprint density at radius 2 is 2.04 bits per heavy atom. The fraction of sp³-hybridized carbons (Fsp3) is 0.333. The second-order valence-corrected chi connectivity index (χ2v) is 6.68. The molecule has 6 nitrogen and oxygen atoms in total. The van der Waals surface area contributed by atoms with Gasteiger partial charge in [0.1, 0.15) is 5.03 Å². The molecule has 0 saturated carbocycles. The summed E-state index contributed by atoms with van der Waals surface area (Å²) in [6.07, 6.45) is -4.69. The lowest BCUT2D eigenvalue weighted by Crippen LogP contribution is -2.39. The minimum absolute atomic E-state index is 0.0541. The predicted molar refractivity (Wildman–Crippen MR) is 85.0 cm³/mol. The maximum atomic E-state index is 13.0. The molecule has 3 rings (SSSR count). The molecule has 10 heteroatoms. The molecule has 0 unspecified atom stereocenters. The molecular weight excluding hydrogens is 357 g/mol. The van der Waals surface area contributed by atoms with Crippen LogP contribution in [0.5, 0.6) is 0 Å². The van der Waals surface area contributed by atoms with Gasteiger partial charge >= 0.3 is 12.2 Å². The van der Waals surface area contributed by atoms with Gasteiger partial charge in [0.2, 0.25) is 11.7 Å². The van der Waals surface area contributed by atoms with Crippen LogP contribution in [0.3, 0.4) is 0 Å². The number of para-hydroxylation sites is 1. The van der Waals surface area contributed by atoms with Gasteiger partial charge in [-0.2, -0.15) is 13.2 Å². The normalized spacial score (nSPS) is 16.2. The number of carbonyl (C=O) groups excluding carboxylic acids is 2. The summed E-state index contributed by atoms with van der Waals surface area (Å²) in [4.78, 5) is 32.1. The number of urea groups is 1. The average molecular weight is 370 g/mol. The number of hydrogen-bond acceptors (Lipinski definition) is 5. The third-order valence-electron chi connectivity index (χ3n) is 3.58. The van der Waals surface area contributed by atoms with Gasteiger partial charge in [0.25, 0.3) is 0 Å². The van der Waals surface area contributed by atoms with Gasteiger partial charge in [-0.05, 0) is 13.0 Å². The standard InChI is InChI=1S/C15H13F3N4O2S/c1-8(12(23)22-7-6-19-14(22)24)25-11-9-4-2-3-5-10(9)20-13(21-11)15(16,17)18/h2-5,8H,6-7H2,1H3,(H,19,24)/t8-/m1/s1. The Kier molecular flexibility index (Phi) is 4.55. The number of hydrogen-bond donors (Lipinski definition) is 1. The lowest BCUT2D eigenvalue weighted by Gasteiger charge is -2.18. The summed E-state index contributed by atoms with van der Waals surface area (Å²) in [6, 6.07) is 5.78. The molecule has 0 radical (unpaired) electrons. The first-order chi connectivity index (χ1) is 11.8. The molecule has 1 saturated heterocycles. The molecule has 1 atom stereocenters. The van der Waals surface area contributed by atoms with E-state index < -0.39 is 29.2 Å². The fourth-order valence-electron chi connectivity index (χ4n) is 2.38. The first-order valence-corrected chi connectivity index (χ1v) is 8.25. The van der Waals surface area contributed by atoms with Crippen molar-refractivity contribution in [3.05, 3.63) is 30.1 Å². The van der Waals surface area contributed by atoms with Crippen LogP contribution >= 0.6 is 11.8 Å². The minimum Gasteiger partial charge on any atom is -0.336 e. The van der Waals surface area contributed by atoms with Gasteiger partial charge in [0.15, 0.2) is 0 Å². The Morgan fingerprint density at radius 3 is 2.68 bits per heavy atom. The van der Waals surface area contributed by atoms with E-state index >= 15 is 0 Å². The first-order valence-electron chi connectivity index (χ1n) is 7.37. The number of carbonyl (C=O) groups is 2. The number of alkyl halides is 3. The Hall–Kier alpha value is -2.36. The summed E-state index contributed by atoms with van der Waals surface area (Å²) >= 11 is 0.878. The van der Waals surface area contributed by atoms with Crippen molar-refractivity contribution in [1.29, 1.82) is 0 Å². The first kappa shape index (κ1) is 17.5. The van der Waals surface area contributed by atoms with Crippen molar-refractivity contribution in [2.24, 2.45) is 0 Å². The van der Waals surface area contributed by atoms with Gasteiger partial charge in [0.05, 0.1) is 10.8 Å². The number of imide groups is 1. The second-order valence-electron chi connectivity index (χ2n) is 5.35. The second kappa shape index (κ2) is 6.51. The van der Waals surface area contributed by atoms with E-state index in [0.29, 0.717) is 11.9 Å². The lowest BCUT2D eigenvalue weighted by molar-refractivity contribution is -0.145. The van der Waals surface area contributed by atoms with Crippen LogP contribution in [0.15, 0.2) is 29.3 Å². The number of benzene rings is 1. The molecule has 2 heterocycles. The number of nitrogens with one attached hydrogen (secondary N) is 1. The van der Waals surface area contributed by atoms with E-state index in [1.165, 1.54) is 13.0 Å². The highest BCUT2D eigenvalue weighted by atomic mass is 32.2. The van der Waals surface area contributed by atoms with Crippen molar-refractivity contribution >= 4 is 34.6 Å². The molecule has 1 aliphatic rings. The zero-order chi connectivity index (χ0) is 18.2. The predicted octanol–water partition coefficient (Wildman–Crippen LogP) is 2.68. The number of halogens is 3. The zero-order valence-electron chi connectivity index (χ0n) is 13.0. The van der Waals surface area contributed by atoms with Crippen LogP contribution < -0.4 is 5.32 Å². The van der Waals surface area contributed by atoms with Gasteiger partial charge in [-0.1, -0.05) is 30.0 Å². The molecule has 1 aromatic carbocycles. The van der Waals surface area contributed by atoms with Gasteiger partial charge in [-0.25, -0.2) is 14.8 Å². The summed E-state index contributed by atoms with van der Waals surface area (Å²) in [5, 5.41) is 2.21. The molecule has 3 amide bonds. The van der Waals surface area contributed by atoms with Crippen molar-refractivity contribution in [3.63, 3.8) is 0 Å². The highest BCUT2D eigenvalue weighted by molar-refractivity contribution is 8.00. The zero-order valence-corrected chi connectivity index (χ0v) is 13.8. The third-order valence-corrected chi connectivity index (χ3v) is 4.67. The minimum atomic E-state index is -4.69. The third kappa shape index (κ3) is 3.53. The molecule has 1 aliphatic heterocycles. The fourth-order valence-corrected chi connectivity index (χ4v) is 3.38. The summed E-state index contributed by atoms with van der Waals surface area (Å²) in [5.74, 6) is -1.73. The van der Waals surface area contributed by atoms with Crippen LogP contribution in [-0.4, -0.2) is 45.1 Å². The van der Waals surface area contributed by atoms with E-state index in [2.05, 4.69) is 15.3 Å². The Labute approximate surface area is 144 Å². The van der Waals surface area contributed by atoms with Crippen molar-refractivity contribution < 1.29 is 22.8 Å². The highest BCUT2D eigenvalue weighted by Crippen LogP contribution is 2.34. The van der Waals surface area contributed by atoms with Crippen molar-refractivity contribution in [3.8, 4) is 0 Å². The molecule has 132 valence electrons. The molecule has 0 aliphatic carbocycles. The molecule has 2 aromatic rings. The quantitative estimate of drug-likeness (QED) is 0.664. The number of aromatic nitrogens is 2. The van der Waals surface area contributed by atoms with Gasteiger partial charge in [-0.3, -0.25) is 9.69 Å². The lowest BCUT2D eigenvalue weighted by atomic mass is 10.2. The number of amides is 3. The summed E-state index contributed by atoms with van der Waals surface area (Å²) in [5.41, 5.74) is 0.144. The van der Waals surface area contributed by atoms with Crippen LogP contribution in [0.2, 0.25) is 0 Å². The van der Waals surface area contributed by atoms with Crippen molar-refractivity contribution in [1.82, 2.24) is 20.2 Å². The van der Waals surface area contributed by atoms with Crippen LogP contribution in [0.25, 0.3) is 10.9 Å². The largest absolute Gasteiger partial charge is 0.451 e. The maximum absolute atomic E-state index is 13.0. The topological polar surface area (TPSA) is 75.2 Å². The van der Waals surface area contributed by atoms with E-state index in [1.807, 2.05) is 0 Å². The number of thioether (sulfide) groups is 1. The van der Waals surface area contributed by atoms with Crippen molar-refractivity contribution in [2.45, 2.75) is 23.4 Å². The molecule has 0 bridgehead atoms. The van der Waals surface area contributed by atoms with E-state index in [9.17, 15) is 22.8 Å². The summed E-state index contributed by atoms with van der Waals surface area (Å²) in [7, 11) is 0. The molecule has 1 fully saturated rings. The molecular formula is C15H13F3N4O2S. The highest BCUT2D eigenvalue weighted by Gasteiger charge is 2.36. The molecule has 25 heavy (non-hydrogen) atoms. The van der Waals surface area contributed by atoms with Gasteiger partial charge < -0.3 is 5.32 Å². The summed E-state index contributed by atoms with van der Waals surface area (Å²) < 4.78 is 39.1. The van der Waals surface area contributed by atoms with E-state index in [4.69, 9.17) is 0 Å². The smallest absolute Gasteiger partial charge is 0.336 e. The van der Waals surface area contributed by atoms with E-state index in [-0.39, 0.29) is 17.1 Å². The van der Waals surface area contributed by atoms with Crippen LogP contribution in [-0.2, 0) is 11.0 Å². The molecule has 1 N–H and O–H groups in total. The van der Waals surface area contributed by atoms with E-state index in [1.54, 1.807) is 18.2 Å². The Balaban J connectivity index is 1.94. The number of fused-ring (bicyclic) bond motifs is 1. The van der Waals surface area contributed by atoms with Crippen molar-refractivity contribution in [2.75, 3.05) is 13.1 Å².